The van der Waals surface area contributed by atoms with Gasteiger partial charge in [0.25, 0.3) is 0 Å². The van der Waals surface area contributed by atoms with Gasteiger partial charge >= 0.3 is 5.97 Å². The molecule has 1 saturated heterocycles. The van der Waals surface area contributed by atoms with Crippen LogP contribution < -0.4 is 0 Å². The first-order valence-corrected chi connectivity index (χ1v) is 7.60. The second-order valence-corrected chi connectivity index (χ2v) is 5.66. The number of piperidine rings is 1. The first-order valence-electron chi connectivity index (χ1n) is 7.60. The Morgan fingerprint density at radius 3 is 2.42 bits per heavy atom. The van der Waals surface area contributed by atoms with Gasteiger partial charge in [0, 0.05) is 13.1 Å². The average Bonchev–Trinajstić information content (AvgIpc) is 2.42. The number of carbonyl (C=O) groups is 1. The van der Waals surface area contributed by atoms with Crippen molar-refractivity contribution >= 4 is 5.97 Å². The number of rotatable bonds is 7. The highest BCUT2D eigenvalue weighted by atomic mass is 16.5. The molecule has 0 aromatic rings. The Morgan fingerprint density at radius 2 is 1.95 bits per heavy atom. The Hall–Kier alpha value is -0.610. The highest BCUT2D eigenvalue weighted by Crippen LogP contribution is 2.34. The van der Waals surface area contributed by atoms with Gasteiger partial charge in [0.1, 0.15) is 0 Å². The van der Waals surface area contributed by atoms with Crippen molar-refractivity contribution < 1.29 is 14.6 Å². The standard InChI is InChI=1S/C15H29NO3/c1-4-6-7-13(14(17)19-3)15(18)8-11-16(10-5-2)12-9-15/h13,18H,4-12H2,1-3H3. The van der Waals surface area contributed by atoms with Crippen LogP contribution in [0.1, 0.15) is 52.4 Å². The molecule has 1 fully saturated rings. The molecule has 0 saturated carbocycles. The van der Waals surface area contributed by atoms with E-state index in [2.05, 4.69) is 18.7 Å². The van der Waals surface area contributed by atoms with Crippen molar-refractivity contribution in [3.05, 3.63) is 0 Å². The van der Waals surface area contributed by atoms with Gasteiger partial charge in [-0.15, -0.1) is 0 Å². The molecular formula is C15H29NO3. The van der Waals surface area contributed by atoms with Crippen molar-refractivity contribution in [3.63, 3.8) is 0 Å². The second-order valence-electron chi connectivity index (χ2n) is 5.66. The van der Waals surface area contributed by atoms with Gasteiger partial charge in [-0.1, -0.05) is 26.7 Å². The fraction of sp³-hybridized carbons (Fsp3) is 0.933. The van der Waals surface area contributed by atoms with Gasteiger partial charge in [-0.3, -0.25) is 4.79 Å². The minimum Gasteiger partial charge on any atom is -0.469 e. The molecule has 0 radical (unpaired) electrons. The maximum absolute atomic E-state index is 11.9. The van der Waals surface area contributed by atoms with Crippen LogP contribution in [0.15, 0.2) is 0 Å². The van der Waals surface area contributed by atoms with E-state index in [9.17, 15) is 9.90 Å². The number of ether oxygens (including phenoxy) is 1. The van der Waals surface area contributed by atoms with Crippen LogP contribution in [-0.4, -0.2) is 48.3 Å². The number of esters is 1. The Labute approximate surface area is 117 Å². The van der Waals surface area contributed by atoms with Crippen LogP contribution in [0.5, 0.6) is 0 Å². The van der Waals surface area contributed by atoms with Crippen molar-refractivity contribution in [2.24, 2.45) is 5.92 Å². The minimum atomic E-state index is -0.869. The fourth-order valence-corrected chi connectivity index (χ4v) is 2.98. The molecule has 4 heteroatoms. The SMILES string of the molecule is CCCCC(C(=O)OC)C1(O)CCN(CCC)CC1. The van der Waals surface area contributed by atoms with Crippen LogP contribution in [0.3, 0.4) is 0 Å². The summed E-state index contributed by atoms with van der Waals surface area (Å²) in [6.45, 7) is 7.10. The zero-order valence-corrected chi connectivity index (χ0v) is 12.7. The van der Waals surface area contributed by atoms with Gasteiger partial charge in [0.05, 0.1) is 18.6 Å². The van der Waals surface area contributed by atoms with Crippen molar-refractivity contribution in [2.75, 3.05) is 26.7 Å². The lowest BCUT2D eigenvalue weighted by molar-refractivity contribution is -0.160. The molecule has 1 aliphatic heterocycles. The molecule has 4 nitrogen and oxygen atoms in total. The summed E-state index contributed by atoms with van der Waals surface area (Å²) in [7, 11) is 1.41. The lowest BCUT2D eigenvalue weighted by Crippen LogP contribution is -2.51. The van der Waals surface area contributed by atoms with Crippen LogP contribution in [0.25, 0.3) is 0 Å². The molecule has 0 bridgehead atoms. The zero-order valence-electron chi connectivity index (χ0n) is 12.7. The maximum Gasteiger partial charge on any atom is 0.311 e. The van der Waals surface area contributed by atoms with E-state index >= 15 is 0 Å². The highest BCUT2D eigenvalue weighted by molar-refractivity contribution is 5.73. The molecule has 0 amide bonds. The van der Waals surface area contributed by atoms with Crippen molar-refractivity contribution in [2.45, 2.75) is 58.0 Å². The van der Waals surface area contributed by atoms with Gasteiger partial charge in [-0.2, -0.15) is 0 Å². The third kappa shape index (κ3) is 4.46. The smallest absolute Gasteiger partial charge is 0.311 e. The Morgan fingerprint density at radius 1 is 1.32 bits per heavy atom. The van der Waals surface area contributed by atoms with Gasteiger partial charge in [0.15, 0.2) is 0 Å². The van der Waals surface area contributed by atoms with Crippen LogP contribution in [0.4, 0.5) is 0 Å². The summed E-state index contributed by atoms with van der Waals surface area (Å²) >= 11 is 0. The van der Waals surface area contributed by atoms with E-state index in [-0.39, 0.29) is 11.9 Å². The van der Waals surface area contributed by atoms with Gasteiger partial charge < -0.3 is 14.7 Å². The maximum atomic E-state index is 11.9. The van der Waals surface area contributed by atoms with E-state index < -0.39 is 5.60 Å². The first kappa shape index (κ1) is 16.4. The predicted octanol–water partition coefficient (Wildman–Crippen LogP) is 2.20. The lowest BCUT2D eigenvalue weighted by atomic mass is 9.77. The number of hydrogen-bond donors (Lipinski definition) is 1. The Balaban J connectivity index is 2.64. The lowest BCUT2D eigenvalue weighted by Gasteiger charge is -2.41. The fourth-order valence-electron chi connectivity index (χ4n) is 2.98. The molecular weight excluding hydrogens is 242 g/mol. The van der Waals surface area contributed by atoms with Crippen LogP contribution in [0, 0.1) is 5.92 Å². The summed E-state index contributed by atoms with van der Waals surface area (Å²) in [6.07, 6.45) is 5.21. The third-order valence-corrected chi connectivity index (χ3v) is 4.24. The van der Waals surface area contributed by atoms with E-state index in [1.807, 2.05) is 0 Å². The van der Waals surface area contributed by atoms with Crippen molar-refractivity contribution in [1.82, 2.24) is 4.90 Å². The van der Waals surface area contributed by atoms with Crippen LogP contribution in [0.2, 0.25) is 0 Å². The second kappa shape index (κ2) is 7.85. The number of carbonyl (C=O) groups excluding carboxylic acids is 1. The Kier molecular flexibility index (Phi) is 6.80. The number of hydrogen-bond acceptors (Lipinski definition) is 4. The summed E-state index contributed by atoms with van der Waals surface area (Å²) in [6, 6.07) is 0. The van der Waals surface area contributed by atoms with E-state index in [4.69, 9.17) is 4.74 Å². The molecule has 0 aliphatic carbocycles. The molecule has 1 N–H and O–H groups in total. The number of unbranched alkanes of at least 4 members (excludes halogenated alkanes) is 1. The normalized spacial score (nSPS) is 21.1. The number of methoxy groups -OCH3 is 1. The van der Waals surface area contributed by atoms with Crippen LogP contribution >= 0.6 is 0 Å². The van der Waals surface area contributed by atoms with Gasteiger partial charge in [0.2, 0.25) is 0 Å². The van der Waals surface area contributed by atoms with E-state index in [0.717, 1.165) is 45.3 Å². The minimum absolute atomic E-state index is 0.250. The van der Waals surface area contributed by atoms with E-state index in [1.165, 1.54) is 7.11 Å². The molecule has 1 aliphatic rings. The predicted molar refractivity (Wildman–Crippen MR) is 75.9 cm³/mol. The number of likely N-dealkylation sites (tertiary alicyclic amines) is 1. The molecule has 1 heterocycles. The van der Waals surface area contributed by atoms with Crippen molar-refractivity contribution in [1.29, 1.82) is 0 Å². The van der Waals surface area contributed by atoms with Gasteiger partial charge in [-0.05, 0) is 32.2 Å². The molecule has 1 atom stereocenters. The summed E-state index contributed by atoms with van der Waals surface area (Å²) in [5.41, 5.74) is -0.869. The van der Waals surface area contributed by atoms with E-state index in [0.29, 0.717) is 12.8 Å². The largest absolute Gasteiger partial charge is 0.469 e. The number of aliphatic hydroxyl groups is 1. The summed E-state index contributed by atoms with van der Waals surface area (Å²) < 4.78 is 4.89. The molecule has 0 aromatic heterocycles. The monoisotopic (exact) mass is 271 g/mol. The quantitative estimate of drug-likeness (QED) is 0.721. The van der Waals surface area contributed by atoms with Crippen LogP contribution in [-0.2, 0) is 9.53 Å². The average molecular weight is 271 g/mol. The van der Waals surface area contributed by atoms with Gasteiger partial charge in [-0.25, -0.2) is 0 Å². The van der Waals surface area contributed by atoms with Crippen molar-refractivity contribution in [3.8, 4) is 0 Å². The molecule has 1 unspecified atom stereocenters. The first-order chi connectivity index (χ1) is 9.07. The molecule has 0 spiro atoms. The number of nitrogens with zero attached hydrogens (tertiary/aromatic N) is 1. The molecule has 112 valence electrons. The summed E-state index contributed by atoms with van der Waals surface area (Å²) in [5.74, 6) is -0.610. The zero-order chi connectivity index (χ0) is 14.3. The highest BCUT2D eigenvalue weighted by Gasteiger charge is 2.43. The molecule has 0 aromatic carbocycles. The third-order valence-electron chi connectivity index (χ3n) is 4.24. The Bertz CT molecular complexity index is 273. The molecule has 19 heavy (non-hydrogen) atoms. The summed E-state index contributed by atoms with van der Waals surface area (Å²) in [5, 5.41) is 10.8. The van der Waals surface area contributed by atoms with E-state index in [1.54, 1.807) is 0 Å². The molecule has 1 rings (SSSR count). The summed E-state index contributed by atoms with van der Waals surface area (Å²) in [4.78, 5) is 14.3. The topological polar surface area (TPSA) is 49.8 Å².